The number of pyridine rings is 1. The Morgan fingerprint density at radius 1 is 0.385 bits per heavy atom. The highest BCUT2D eigenvalue weighted by Crippen LogP contribution is 2.33. The monoisotopic (exact) mass is 2040 g/mol. The second-order valence-corrected chi connectivity index (χ2v) is 41.0. The average Bonchev–Trinajstić information content (AvgIpc) is 1.28. The van der Waals surface area contributed by atoms with E-state index in [1.807, 2.05) is 18.2 Å². The number of ether oxygens (including phenoxy) is 11. The first-order valence-corrected chi connectivity index (χ1v) is 50.9. The van der Waals surface area contributed by atoms with Gasteiger partial charge in [-0.3, -0.25) is 9.19 Å². The summed E-state index contributed by atoms with van der Waals surface area (Å²) in [5.74, 6) is -7.33. The van der Waals surface area contributed by atoms with Gasteiger partial charge in [0.1, 0.15) is 32.2 Å². The van der Waals surface area contributed by atoms with Gasteiger partial charge in [-0.15, -0.1) is 0 Å². The molecule has 37 nitrogen and oxygen atoms in total. The molecule has 135 heavy (non-hydrogen) atoms. The Kier molecular flexibility index (Phi) is 45.0. The number of halogens is 4. The highest BCUT2D eigenvalue weighted by atomic mass is 35.7. The van der Waals surface area contributed by atoms with Gasteiger partial charge in [0.05, 0.1) is 98.0 Å². The number of aliphatic hydroxyl groups is 2. The predicted octanol–water partition coefficient (Wildman–Crippen LogP) is 9.07. The number of fused-ring (bicyclic) bond motifs is 1. The molecular weight excluding hydrogens is 1950 g/mol. The molecule has 11 aromatic rings. The summed E-state index contributed by atoms with van der Waals surface area (Å²) in [6.07, 6.45) is -3.09. The number of sulfone groups is 5. The molecule has 726 valence electrons. The third kappa shape index (κ3) is 39.9. The number of rotatable bonds is 43. The van der Waals surface area contributed by atoms with Crippen molar-refractivity contribution in [3.05, 3.63) is 266 Å². The van der Waals surface area contributed by atoms with E-state index in [0.29, 0.717) is 21.9 Å². The van der Waals surface area contributed by atoms with Gasteiger partial charge in [0.15, 0.2) is 135 Å². The highest BCUT2D eigenvalue weighted by Gasteiger charge is 2.30. The number of esters is 4. The number of hydrogen-bond donors (Lipinski definition) is 5. The van der Waals surface area contributed by atoms with Crippen molar-refractivity contribution in [1.82, 2.24) is 15.0 Å². The van der Waals surface area contributed by atoms with Crippen molar-refractivity contribution >= 4 is 127 Å². The number of aliphatic hydroxyl groups excluding tert-OH is 2. The number of aromatic amines is 1. The van der Waals surface area contributed by atoms with E-state index >= 15 is 0 Å². The maximum atomic E-state index is 12.5. The fraction of sp³-hybridized carbons (Fsp3) is 0.241. The first kappa shape index (κ1) is 111. The van der Waals surface area contributed by atoms with Crippen molar-refractivity contribution in [3.63, 3.8) is 0 Å². The molecule has 0 aliphatic rings. The number of hydrogen-bond acceptors (Lipinski definition) is 34. The van der Waals surface area contributed by atoms with Gasteiger partial charge in [-0.1, -0.05) is 127 Å². The molecule has 2 heterocycles. The number of carboxylic acids is 2. The van der Waals surface area contributed by atoms with Gasteiger partial charge in [-0.05, 0) is 122 Å². The number of para-hydroxylation sites is 6. The highest BCUT2D eigenvalue weighted by molar-refractivity contribution is 8.13. The van der Waals surface area contributed by atoms with Crippen LogP contribution in [0.5, 0.6) is 40.2 Å². The van der Waals surface area contributed by atoms with E-state index in [2.05, 4.69) is 15.0 Å². The second kappa shape index (κ2) is 54.9. The van der Waals surface area contributed by atoms with Crippen LogP contribution in [0.3, 0.4) is 0 Å². The van der Waals surface area contributed by atoms with Crippen molar-refractivity contribution < 1.29 is 169 Å². The molecule has 0 bridgehead atoms. The third-order valence-corrected chi connectivity index (χ3v) is 27.8. The summed E-state index contributed by atoms with van der Waals surface area (Å²) in [5.41, 5.74) is 2.28. The zero-order valence-corrected chi connectivity index (χ0v) is 77.7. The quantitative estimate of drug-likeness (QED) is 0.0135. The lowest BCUT2D eigenvalue weighted by Crippen LogP contribution is -2.21. The maximum Gasteiger partial charge on any atom is 0.422 e. The fourth-order valence-corrected chi connectivity index (χ4v) is 17.8. The molecule has 9 aromatic carbocycles. The maximum absolute atomic E-state index is 12.5. The minimum Gasteiger partial charge on any atom is -0.484 e. The smallest absolute Gasteiger partial charge is 0.422 e. The molecule has 48 heteroatoms. The molecule has 0 saturated carbocycles. The van der Waals surface area contributed by atoms with E-state index in [1.165, 1.54) is 97.2 Å². The van der Waals surface area contributed by atoms with Gasteiger partial charge in [0.2, 0.25) is 0 Å². The Labute approximate surface area is 780 Å². The Bertz CT molecular complexity index is 6290. The van der Waals surface area contributed by atoms with Crippen LogP contribution in [0.15, 0.2) is 289 Å². The van der Waals surface area contributed by atoms with Crippen LogP contribution in [-0.2, 0) is 123 Å². The molecular formula is C87H89ClF3N3O34S7. The van der Waals surface area contributed by atoms with Crippen LogP contribution in [0.25, 0.3) is 11.0 Å². The van der Waals surface area contributed by atoms with Crippen LogP contribution >= 0.6 is 10.7 Å². The lowest BCUT2D eigenvalue weighted by Gasteiger charge is -2.13. The van der Waals surface area contributed by atoms with E-state index in [0.717, 1.165) is 30.8 Å². The Morgan fingerprint density at radius 3 is 1.01 bits per heavy atom. The van der Waals surface area contributed by atoms with Gasteiger partial charge < -0.3 is 77.5 Å². The summed E-state index contributed by atoms with van der Waals surface area (Å²) >= 11 is 0. The molecule has 5 N–H and O–H groups in total. The van der Waals surface area contributed by atoms with Crippen LogP contribution in [-0.4, -0.2) is 247 Å². The van der Waals surface area contributed by atoms with E-state index in [-0.39, 0.29) is 108 Å². The Morgan fingerprint density at radius 2 is 0.689 bits per heavy atom. The summed E-state index contributed by atoms with van der Waals surface area (Å²) < 4.78 is 249. The van der Waals surface area contributed by atoms with Crippen molar-refractivity contribution in [2.75, 3.05) is 115 Å². The molecule has 0 amide bonds. The number of benzene rings is 9. The van der Waals surface area contributed by atoms with E-state index in [9.17, 15) is 96.7 Å². The lowest BCUT2D eigenvalue weighted by molar-refractivity contribution is -0.153. The number of carbonyl (C=O) groups excluding carboxylic acids is 4. The van der Waals surface area contributed by atoms with Crippen LogP contribution in [0.2, 0.25) is 0 Å². The van der Waals surface area contributed by atoms with Crippen LogP contribution in [0.1, 0.15) is 11.3 Å². The number of H-pyrrole nitrogens is 1. The number of nitrogens with zero attached hydrogens (tertiary/aromatic N) is 2. The number of aliphatic carboxylic acids is 2. The lowest BCUT2D eigenvalue weighted by atomic mass is 10.2. The molecule has 0 radical (unpaired) electrons. The molecule has 11 rings (SSSR count). The zero-order valence-electron chi connectivity index (χ0n) is 71.3. The van der Waals surface area contributed by atoms with E-state index in [1.54, 1.807) is 128 Å². The number of carboxylic acid groups (broad SMARTS) is 2. The molecule has 0 spiro atoms. The molecule has 0 aliphatic carbocycles. The normalized spacial score (nSPS) is 11.5. The molecule has 0 aliphatic heterocycles. The number of imidazole rings is 1. The van der Waals surface area contributed by atoms with E-state index < -0.39 is 187 Å². The Hall–Kier alpha value is -13.1. The number of aromatic nitrogens is 3. The van der Waals surface area contributed by atoms with Crippen LogP contribution in [0.4, 0.5) is 13.2 Å². The topological polar surface area (TPSA) is 548 Å². The van der Waals surface area contributed by atoms with Crippen molar-refractivity contribution in [1.29, 1.82) is 0 Å². The average molecular weight is 2040 g/mol. The fourth-order valence-electron chi connectivity index (χ4n) is 10.4. The Balaban J connectivity index is 0.000000274. The molecule has 1 unspecified atom stereocenters. The first-order chi connectivity index (χ1) is 64.0. The SMILES string of the molecule is CO.Cc1c(OCC(F)(F)F)ccnc1CS(=O)c1nc2ccccc2[nH]1.O=C(COc1ccc(S(=O)(=O)Cl)cc1OCC(=O)OCCS(=O)(=O)c1ccccc1)OCCS(=O)(=O)c1ccccc1.O=C(COc1ccccc1OCC(=O)OCCS(=O)(=O)c1ccccc1)OCCS(=O)(=O)c1ccccc1.O=C(O)COc1ccccc1OCC(=O)O.O=S(=O)(CCO)c1ccccc1. The molecule has 1 atom stereocenters. The summed E-state index contributed by atoms with van der Waals surface area (Å²) in [7, 11) is -17.2. The van der Waals surface area contributed by atoms with Crippen LogP contribution < -0.4 is 33.2 Å². The van der Waals surface area contributed by atoms with Gasteiger partial charge in [-0.2, -0.15) is 13.2 Å². The largest absolute Gasteiger partial charge is 0.484 e. The summed E-state index contributed by atoms with van der Waals surface area (Å²) in [6.45, 7) is -5.27. The van der Waals surface area contributed by atoms with Gasteiger partial charge in [0, 0.05) is 35.6 Å². The van der Waals surface area contributed by atoms with Crippen molar-refractivity contribution in [3.8, 4) is 40.2 Å². The summed E-state index contributed by atoms with van der Waals surface area (Å²) in [5, 5.41) is 32.6. The van der Waals surface area contributed by atoms with Crippen molar-refractivity contribution in [2.24, 2.45) is 0 Å². The number of alkyl halides is 3. The minimum absolute atomic E-state index is 0.0227. The number of carbonyl (C=O) groups is 6. The summed E-state index contributed by atoms with van der Waals surface area (Å²) in [4.78, 5) is 80.5. The predicted molar refractivity (Wildman–Crippen MR) is 479 cm³/mol. The van der Waals surface area contributed by atoms with Crippen molar-refractivity contribution in [2.45, 2.75) is 53.4 Å². The molecule has 0 saturated heterocycles. The summed E-state index contributed by atoms with van der Waals surface area (Å²) in [6, 6.07) is 63.1. The first-order valence-electron chi connectivity index (χ1n) is 39.1. The van der Waals surface area contributed by atoms with Gasteiger partial charge in [0.25, 0.3) is 9.05 Å². The van der Waals surface area contributed by atoms with Crippen LogP contribution in [0, 0.1) is 6.92 Å². The minimum atomic E-state index is -4.42. The standard InChI is InChI=1S/C26H25ClO12S3.C26H26O10S2.C16H14F3N3O2S.C10H10O6.C8H10O3S.CH4O/c27-42(34,35)22-11-12-23(38-18-25(28)36-13-15-40(30,31)20-7-3-1-4-8-20)24(17-22)39-19-26(29)37-14-16-41(32,33)21-9-5-2-6-10-21;27-25(33-15-17-37(29,30)21-9-3-1-4-10-21)19-35-23-13-7-8-14-24(23)36-20-26(28)34-16-18-38(31,32)22-11-5-2-6-12-22;1-10-13(20-7-6-14(10)24-9-16(17,18)19)8-25(23)15-21-11-4-2-3-5-12(11)22-15;11-9(12)5-15-7-3-1-2-4-8(7)16-6-10(13)14;9-6-7-12(10,11)8-4-2-1-3-5-8;1-2/h1-12,17H,13-16,18-19H2;1-14H,15-20H2;2-7H,8-9H2,1H3,(H,21,22);1-4H,5-6H2,(H,11,12)(H,13,14);1-5,9H,6-7H2;2H,1H3. The van der Waals surface area contributed by atoms with Gasteiger partial charge >= 0.3 is 42.0 Å². The molecule has 0 fully saturated rings. The van der Waals surface area contributed by atoms with E-state index in [4.69, 9.17) is 83.2 Å². The molecule has 2 aromatic heterocycles. The van der Waals surface area contributed by atoms with Gasteiger partial charge in [-0.25, -0.2) is 84.3 Å². The second-order valence-electron chi connectivity index (χ2n) is 26.6. The zero-order chi connectivity index (χ0) is 99.3. The third-order valence-electron chi connectivity index (χ3n) is 16.8. The number of nitrogens with one attached hydrogen (secondary N) is 1.